The van der Waals surface area contributed by atoms with E-state index in [9.17, 15) is 0 Å². The summed E-state index contributed by atoms with van der Waals surface area (Å²) >= 11 is 13.7. The summed E-state index contributed by atoms with van der Waals surface area (Å²) in [7, 11) is 0. The van der Waals surface area contributed by atoms with Crippen molar-refractivity contribution in [1.82, 2.24) is 0 Å². The molecule has 0 aliphatic heterocycles. The number of allylic oxidation sites excluding steroid dienone is 1. The van der Waals surface area contributed by atoms with Crippen LogP contribution in [0.15, 0.2) is 10.6 Å². The van der Waals surface area contributed by atoms with Gasteiger partial charge in [0.05, 0.1) is 0 Å². The van der Waals surface area contributed by atoms with Crippen LogP contribution in [0.25, 0.3) is 0 Å². The van der Waals surface area contributed by atoms with Gasteiger partial charge in [0.25, 0.3) is 0 Å². The Labute approximate surface area is 64.3 Å². The molecule has 0 aliphatic rings. The van der Waals surface area contributed by atoms with E-state index in [0.29, 0.717) is 5.88 Å². The van der Waals surface area contributed by atoms with Crippen LogP contribution in [0, 0.1) is 0 Å². The second-order valence-electron chi connectivity index (χ2n) is 0.968. The average Bonchev–Trinajstić information content (AvgIpc) is 1.68. The molecule has 45 valence electrons. The van der Waals surface area contributed by atoms with Crippen LogP contribution in [0.3, 0.4) is 0 Å². The van der Waals surface area contributed by atoms with Crippen molar-refractivity contribution in [3.05, 3.63) is 10.6 Å². The zero-order valence-corrected chi connectivity index (χ0v) is 6.58. The zero-order chi connectivity index (χ0) is 5.70. The molecular formula is C4H5Cl2Pd. The number of halogens is 2. The van der Waals surface area contributed by atoms with Crippen LogP contribution in [-0.2, 0) is 19.2 Å². The van der Waals surface area contributed by atoms with Crippen LogP contribution >= 0.6 is 23.2 Å². The van der Waals surface area contributed by atoms with E-state index < -0.39 is 0 Å². The normalized spacial score (nSPS) is 15.4. The molecule has 0 bridgehead atoms. The minimum absolute atomic E-state index is 0.0313. The zero-order valence-electron chi connectivity index (χ0n) is 3.51. The van der Waals surface area contributed by atoms with Crippen molar-refractivity contribution in [3.8, 4) is 0 Å². The van der Waals surface area contributed by atoms with E-state index in [2.05, 4.69) is 19.2 Å². The van der Waals surface area contributed by atoms with Gasteiger partial charge in [0.15, 0.2) is 0 Å². The van der Waals surface area contributed by atoms with Crippen molar-refractivity contribution in [2.75, 3.05) is 5.88 Å². The van der Waals surface area contributed by atoms with Crippen LogP contribution in [0.2, 0.25) is 0 Å². The van der Waals surface area contributed by atoms with Crippen LogP contribution in [0.5, 0.6) is 0 Å². The fourth-order valence-corrected chi connectivity index (χ4v) is 0.817. The van der Waals surface area contributed by atoms with Crippen molar-refractivity contribution in [1.29, 1.82) is 0 Å². The third-order valence-corrected chi connectivity index (χ3v) is 1.51. The predicted molar refractivity (Wildman–Crippen MR) is 29.5 cm³/mol. The summed E-state index contributed by atoms with van der Waals surface area (Å²) in [6, 6.07) is 0. The molecule has 0 heterocycles. The van der Waals surface area contributed by atoms with Gasteiger partial charge in [-0.2, -0.15) is 0 Å². The first-order valence-electron chi connectivity index (χ1n) is 1.74. The van der Waals surface area contributed by atoms with E-state index in [1.54, 1.807) is 10.6 Å². The Hall–Kier alpha value is 0.982. The first-order valence-corrected chi connectivity index (χ1v) is 3.61. The number of hydrogen-bond donors (Lipinski definition) is 0. The maximum atomic E-state index is 5.52. The Bertz CT molecular complexity index is 62.7. The SMILES string of the molecule is ClCC(Cl)C=[CH][Pd]. The Morgan fingerprint density at radius 3 is 2.43 bits per heavy atom. The van der Waals surface area contributed by atoms with E-state index in [0.717, 1.165) is 0 Å². The molecule has 3 heteroatoms. The molecule has 0 saturated heterocycles. The van der Waals surface area contributed by atoms with Crippen molar-refractivity contribution < 1.29 is 19.2 Å². The quantitative estimate of drug-likeness (QED) is 0.502. The second kappa shape index (κ2) is 5.13. The number of rotatable bonds is 2. The third kappa shape index (κ3) is 4.84. The molecule has 1 unspecified atom stereocenters. The van der Waals surface area contributed by atoms with Gasteiger partial charge in [-0.25, -0.2) is 0 Å². The first-order chi connectivity index (χ1) is 3.31. The summed E-state index contributed by atoms with van der Waals surface area (Å²) in [6.07, 6.45) is 1.79. The van der Waals surface area contributed by atoms with Crippen LogP contribution in [-0.4, -0.2) is 11.3 Å². The van der Waals surface area contributed by atoms with Crippen molar-refractivity contribution in [2.24, 2.45) is 0 Å². The summed E-state index contributed by atoms with van der Waals surface area (Å²) in [5.74, 6) is 0.468. The molecule has 0 N–H and O–H groups in total. The fraction of sp³-hybridized carbons (Fsp3) is 0.500. The molecule has 0 aliphatic carbocycles. The average molecular weight is 230 g/mol. The number of hydrogen-bond acceptors (Lipinski definition) is 0. The van der Waals surface area contributed by atoms with Gasteiger partial charge in [-0.15, -0.1) is 0 Å². The fourth-order valence-electron chi connectivity index (χ4n) is 0.117. The first kappa shape index (κ1) is 7.98. The van der Waals surface area contributed by atoms with Crippen molar-refractivity contribution in [3.63, 3.8) is 0 Å². The Kier molecular flexibility index (Phi) is 5.84. The van der Waals surface area contributed by atoms with Gasteiger partial charge in [0.2, 0.25) is 0 Å². The van der Waals surface area contributed by atoms with Crippen LogP contribution < -0.4 is 0 Å². The molecule has 0 aromatic carbocycles. The van der Waals surface area contributed by atoms with Gasteiger partial charge in [-0.3, -0.25) is 0 Å². The summed E-state index contributed by atoms with van der Waals surface area (Å²) in [5.41, 5.74) is 0. The van der Waals surface area contributed by atoms with Gasteiger partial charge in [-0.05, 0) is 0 Å². The second-order valence-corrected chi connectivity index (χ2v) is 2.36. The summed E-state index contributed by atoms with van der Waals surface area (Å²) in [6.45, 7) is 0. The Balaban J connectivity index is 3.16. The van der Waals surface area contributed by atoms with Crippen LogP contribution in [0.4, 0.5) is 0 Å². The van der Waals surface area contributed by atoms with Gasteiger partial charge in [0.1, 0.15) is 0 Å². The third-order valence-electron chi connectivity index (χ3n) is 0.417. The molecule has 0 aromatic rings. The Morgan fingerprint density at radius 2 is 2.29 bits per heavy atom. The molecule has 0 radical (unpaired) electrons. The van der Waals surface area contributed by atoms with E-state index in [-0.39, 0.29) is 5.38 Å². The topological polar surface area (TPSA) is 0 Å². The molecule has 0 fully saturated rings. The Morgan fingerprint density at radius 1 is 1.71 bits per heavy atom. The molecular weight excluding hydrogens is 225 g/mol. The van der Waals surface area contributed by atoms with Gasteiger partial charge < -0.3 is 0 Å². The van der Waals surface area contributed by atoms with E-state index >= 15 is 0 Å². The van der Waals surface area contributed by atoms with Gasteiger partial charge in [-0.1, -0.05) is 0 Å². The van der Waals surface area contributed by atoms with Gasteiger partial charge in [0, 0.05) is 0 Å². The van der Waals surface area contributed by atoms with E-state index in [4.69, 9.17) is 23.2 Å². The van der Waals surface area contributed by atoms with Gasteiger partial charge >= 0.3 is 64.3 Å². The molecule has 0 saturated carbocycles. The van der Waals surface area contributed by atoms with Crippen molar-refractivity contribution >= 4 is 23.2 Å². The standard InChI is InChI=1S/C4H5Cl2.Pd/c1-2-4(6)3-5;/h1-2,4H,3H2;. The molecule has 7 heavy (non-hydrogen) atoms. The summed E-state index contributed by atoms with van der Waals surface area (Å²) in [5, 5.41) is -0.0313. The number of alkyl halides is 2. The molecule has 0 aromatic heterocycles. The minimum atomic E-state index is -0.0313. The molecule has 0 rings (SSSR count). The van der Waals surface area contributed by atoms with E-state index in [1.807, 2.05) is 0 Å². The molecule has 0 nitrogen and oxygen atoms in total. The summed E-state index contributed by atoms with van der Waals surface area (Å²) < 4.78 is 1.74. The molecule has 1 atom stereocenters. The molecule has 0 amide bonds. The molecule has 0 spiro atoms. The summed E-state index contributed by atoms with van der Waals surface area (Å²) in [4.78, 5) is 0. The monoisotopic (exact) mass is 229 g/mol. The van der Waals surface area contributed by atoms with E-state index in [1.165, 1.54) is 0 Å². The predicted octanol–water partition coefficient (Wildman–Crippen LogP) is 1.89. The maximum absolute atomic E-state index is 5.52. The van der Waals surface area contributed by atoms with Crippen molar-refractivity contribution in [2.45, 2.75) is 5.38 Å². The van der Waals surface area contributed by atoms with Crippen LogP contribution in [0.1, 0.15) is 0 Å².